The molecule has 0 spiro atoms. The Morgan fingerprint density at radius 2 is 1.89 bits per heavy atom. The molecule has 0 aromatic carbocycles. The maximum atomic E-state index is 12.2. The largest absolute Gasteiger partial charge is 0.481 e. The quantitative estimate of drug-likeness (QED) is 0.805. The Hall–Kier alpha value is -1.26. The molecule has 19 heavy (non-hydrogen) atoms. The molecule has 1 aliphatic rings. The third-order valence-corrected chi connectivity index (χ3v) is 3.54. The Bertz CT molecular complexity index is 310. The minimum Gasteiger partial charge on any atom is -0.481 e. The fraction of sp³-hybridized carbons (Fsp3) is 0.857. The molecule has 0 aromatic heterocycles. The van der Waals surface area contributed by atoms with E-state index in [1.165, 1.54) is 0 Å². The van der Waals surface area contributed by atoms with E-state index in [0.29, 0.717) is 18.3 Å². The van der Waals surface area contributed by atoms with Crippen LogP contribution in [0.4, 0.5) is 4.79 Å². The summed E-state index contributed by atoms with van der Waals surface area (Å²) in [5, 5.41) is 11.7. The van der Waals surface area contributed by atoms with E-state index < -0.39 is 5.97 Å². The number of aliphatic carboxylic acids is 1. The van der Waals surface area contributed by atoms with Crippen LogP contribution in [0, 0.1) is 11.8 Å². The van der Waals surface area contributed by atoms with Crippen LogP contribution in [-0.2, 0) is 4.79 Å². The molecule has 0 aromatic rings. The van der Waals surface area contributed by atoms with Crippen molar-refractivity contribution in [3.63, 3.8) is 0 Å². The van der Waals surface area contributed by atoms with Crippen molar-refractivity contribution in [1.82, 2.24) is 10.2 Å². The van der Waals surface area contributed by atoms with Crippen molar-refractivity contribution in [3.05, 3.63) is 0 Å². The first kappa shape index (κ1) is 15.8. The van der Waals surface area contributed by atoms with Gasteiger partial charge in [-0.1, -0.05) is 27.2 Å². The molecule has 2 N–H and O–H groups in total. The highest BCUT2D eigenvalue weighted by Gasteiger charge is 2.26. The molecular weight excluding hydrogens is 244 g/mol. The molecule has 1 aliphatic heterocycles. The molecule has 3 atom stereocenters. The predicted molar refractivity (Wildman–Crippen MR) is 74.0 cm³/mol. The molecule has 0 aliphatic carbocycles. The summed E-state index contributed by atoms with van der Waals surface area (Å²) in [5.41, 5.74) is 0. The van der Waals surface area contributed by atoms with Gasteiger partial charge in [0.15, 0.2) is 0 Å². The molecule has 1 saturated heterocycles. The van der Waals surface area contributed by atoms with E-state index in [2.05, 4.69) is 19.2 Å². The van der Waals surface area contributed by atoms with Crippen molar-refractivity contribution >= 4 is 12.0 Å². The smallest absolute Gasteiger partial charge is 0.317 e. The van der Waals surface area contributed by atoms with Gasteiger partial charge in [-0.15, -0.1) is 0 Å². The second-order valence-corrected chi connectivity index (χ2v) is 5.88. The second-order valence-electron chi connectivity index (χ2n) is 5.88. The van der Waals surface area contributed by atoms with E-state index in [9.17, 15) is 9.59 Å². The number of rotatable bonds is 5. The van der Waals surface area contributed by atoms with Crippen LogP contribution in [0.2, 0.25) is 0 Å². The summed E-state index contributed by atoms with van der Waals surface area (Å²) < 4.78 is 0. The zero-order valence-corrected chi connectivity index (χ0v) is 12.2. The maximum absolute atomic E-state index is 12.2. The van der Waals surface area contributed by atoms with Gasteiger partial charge < -0.3 is 15.3 Å². The monoisotopic (exact) mass is 270 g/mol. The zero-order valence-electron chi connectivity index (χ0n) is 12.2. The highest BCUT2D eigenvalue weighted by molar-refractivity contribution is 5.76. The van der Waals surface area contributed by atoms with Crippen molar-refractivity contribution in [1.29, 1.82) is 0 Å². The molecule has 0 saturated carbocycles. The lowest BCUT2D eigenvalue weighted by Gasteiger charge is -2.35. The first-order chi connectivity index (χ1) is 8.92. The number of hydrogen-bond donors (Lipinski definition) is 2. The fourth-order valence-corrected chi connectivity index (χ4v) is 2.88. The lowest BCUT2D eigenvalue weighted by molar-refractivity contribution is -0.137. The van der Waals surface area contributed by atoms with Crippen molar-refractivity contribution in [2.45, 2.75) is 52.5 Å². The van der Waals surface area contributed by atoms with Crippen LogP contribution in [-0.4, -0.2) is 41.1 Å². The van der Waals surface area contributed by atoms with Crippen LogP contribution >= 0.6 is 0 Å². The molecule has 110 valence electrons. The molecule has 0 radical (unpaired) electrons. The number of urea groups is 1. The van der Waals surface area contributed by atoms with Crippen molar-refractivity contribution in [2.75, 3.05) is 13.1 Å². The molecule has 1 fully saturated rings. The van der Waals surface area contributed by atoms with Gasteiger partial charge in [-0.2, -0.15) is 0 Å². The second kappa shape index (κ2) is 7.36. The van der Waals surface area contributed by atoms with Gasteiger partial charge in [0.2, 0.25) is 0 Å². The molecule has 5 heteroatoms. The Morgan fingerprint density at radius 3 is 2.37 bits per heavy atom. The summed E-state index contributed by atoms with van der Waals surface area (Å²) in [7, 11) is 0. The summed E-state index contributed by atoms with van der Waals surface area (Å²) in [4.78, 5) is 24.8. The van der Waals surface area contributed by atoms with Gasteiger partial charge in [0, 0.05) is 19.1 Å². The van der Waals surface area contributed by atoms with E-state index in [-0.39, 0.29) is 18.5 Å². The SMILES string of the molecule is CCCC(CC(=O)O)NC(=O)N1CC(C)CC(C)C1. The summed E-state index contributed by atoms with van der Waals surface area (Å²) in [6.45, 7) is 7.82. The first-order valence-corrected chi connectivity index (χ1v) is 7.19. The minimum absolute atomic E-state index is 0.00146. The summed E-state index contributed by atoms with van der Waals surface area (Å²) in [5.74, 6) is 0.163. The average molecular weight is 270 g/mol. The van der Waals surface area contributed by atoms with Gasteiger partial charge in [-0.25, -0.2) is 4.79 Å². The number of hydrogen-bond acceptors (Lipinski definition) is 2. The highest BCUT2D eigenvalue weighted by Crippen LogP contribution is 2.21. The number of carbonyl (C=O) groups excluding carboxylic acids is 1. The van der Waals surface area contributed by atoms with Gasteiger partial charge >= 0.3 is 12.0 Å². The zero-order chi connectivity index (χ0) is 14.4. The number of carboxylic acids is 1. The van der Waals surface area contributed by atoms with Crippen LogP contribution in [0.25, 0.3) is 0 Å². The Labute approximate surface area is 115 Å². The van der Waals surface area contributed by atoms with Crippen molar-refractivity contribution < 1.29 is 14.7 Å². The molecule has 1 rings (SSSR count). The van der Waals surface area contributed by atoms with Gasteiger partial charge in [0.25, 0.3) is 0 Å². The topological polar surface area (TPSA) is 69.6 Å². The molecule has 1 heterocycles. The third-order valence-electron chi connectivity index (χ3n) is 3.54. The molecule has 5 nitrogen and oxygen atoms in total. The number of likely N-dealkylation sites (tertiary alicyclic amines) is 1. The number of nitrogens with zero attached hydrogens (tertiary/aromatic N) is 1. The number of piperidine rings is 1. The summed E-state index contributed by atoms with van der Waals surface area (Å²) >= 11 is 0. The van der Waals surface area contributed by atoms with Crippen molar-refractivity contribution in [3.8, 4) is 0 Å². The van der Waals surface area contributed by atoms with Crippen LogP contribution in [0.3, 0.4) is 0 Å². The average Bonchev–Trinajstić information content (AvgIpc) is 2.26. The minimum atomic E-state index is -0.862. The van der Waals surface area contributed by atoms with Gasteiger partial charge in [0.05, 0.1) is 6.42 Å². The molecular formula is C14H26N2O3. The van der Waals surface area contributed by atoms with Crippen LogP contribution in [0.1, 0.15) is 46.5 Å². The number of carbonyl (C=O) groups is 2. The third kappa shape index (κ3) is 5.49. The summed E-state index contributed by atoms with van der Waals surface area (Å²) in [6.07, 6.45) is 2.72. The van der Waals surface area contributed by atoms with Crippen molar-refractivity contribution in [2.24, 2.45) is 11.8 Å². The van der Waals surface area contributed by atoms with E-state index in [0.717, 1.165) is 25.9 Å². The number of nitrogens with one attached hydrogen (secondary N) is 1. The van der Waals surface area contributed by atoms with Gasteiger partial charge in [0.1, 0.15) is 0 Å². The van der Waals surface area contributed by atoms with E-state index in [1.807, 2.05) is 11.8 Å². The molecule has 0 bridgehead atoms. The maximum Gasteiger partial charge on any atom is 0.317 e. The standard InChI is InChI=1S/C14H26N2O3/c1-4-5-12(7-13(17)18)15-14(19)16-8-10(2)6-11(3)9-16/h10-12H,4-9H2,1-3H3,(H,15,19)(H,17,18). The van der Waals surface area contributed by atoms with Gasteiger partial charge in [-0.05, 0) is 24.7 Å². The molecule has 3 unspecified atom stereocenters. The highest BCUT2D eigenvalue weighted by atomic mass is 16.4. The van der Waals surface area contributed by atoms with Gasteiger partial charge in [-0.3, -0.25) is 4.79 Å². The number of amides is 2. The van der Waals surface area contributed by atoms with Crippen LogP contribution in [0.5, 0.6) is 0 Å². The van der Waals surface area contributed by atoms with E-state index in [4.69, 9.17) is 5.11 Å². The Morgan fingerprint density at radius 1 is 1.32 bits per heavy atom. The Kier molecular flexibility index (Phi) is 6.12. The van der Waals surface area contributed by atoms with Crippen LogP contribution in [0.15, 0.2) is 0 Å². The Balaban J connectivity index is 2.52. The lowest BCUT2D eigenvalue weighted by atomic mass is 9.92. The fourth-order valence-electron chi connectivity index (χ4n) is 2.88. The first-order valence-electron chi connectivity index (χ1n) is 7.19. The molecule has 2 amide bonds. The predicted octanol–water partition coefficient (Wildman–Crippen LogP) is 2.32. The van der Waals surface area contributed by atoms with E-state index in [1.54, 1.807) is 0 Å². The summed E-state index contributed by atoms with van der Waals surface area (Å²) in [6, 6.07) is -0.374. The van der Waals surface area contributed by atoms with E-state index >= 15 is 0 Å². The number of carboxylic acid groups (broad SMARTS) is 1. The van der Waals surface area contributed by atoms with Crippen LogP contribution < -0.4 is 5.32 Å². The lowest BCUT2D eigenvalue weighted by Crippen LogP contribution is -2.50. The normalized spacial score (nSPS) is 24.9.